The molecular weight excluding hydrogens is 226 g/mol. The highest BCUT2D eigenvalue weighted by Crippen LogP contribution is 2.14. The molecule has 0 saturated heterocycles. The van der Waals surface area contributed by atoms with E-state index in [2.05, 4.69) is 15.0 Å². The molecule has 0 radical (unpaired) electrons. The van der Waals surface area contributed by atoms with E-state index >= 15 is 0 Å². The Morgan fingerprint density at radius 1 is 1.41 bits per heavy atom. The third-order valence-corrected chi connectivity index (χ3v) is 2.23. The van der Waals surface area contributed by atoms with Gasteiger partial charge >= 0.3 is 0 Å². The van der Waals surface area contributed by atoms with Crippen LogP contribution in [0.5, 0.6) is 0 Å². The number of imidazole rings is 1. The van der Waals surface area contributed by atoms with Crippen LogP contribution in [0.4, 0.5) is 5.82 Å². The first-order valence-corrected chi connectivity index (χ1v) is 4.98. The Morgan fingerprint density at radius 2 is 2.18 bits per heavy atom. The van der Waals surface area contributed by atoms with E-state index < -0.39 is 12.4 Å². The van der Waals surface area contributed by atoms with Crippen molar-refractivity contribution < 1.29 is 14.9 Å². The van der Waals surface area contributed by atoms with E-state index in [-0.39, 0.29) is 12.5 Å². The molecule has 17 heavy (non-hydrogen) atoms. The van der Waals surface area contributed by atoms with E-state index in [4.69, 9.17) is 15.6 Å². The van der Waals surface area contributed by atoms with E-state index in [1.165, 1.54) is 19.6 Å². The highest BCUT2D eigenvalue weighted by atomic mass is 16.6. The Morgan fingerprint density at radius 3 is 2.88 bits per heavy atom. The van der Waals surface area contributed by atoms with Crippen molar-refractivity contribution in [2.24, 2.45) is 0 Å². The number of aliphatic hydroxyl groups excluding tert-OH is 2. The van der Waals surface area contributed by atoms with E-state index in [1.54, 1.807) is 4.57 Å². The number of hydrogen-bond acceptors (Lipinski definition) is 7. The molecule has 0 amide bonds. The molecule has 8 heteroatoms. The molecule has 0 bridgehead atoms. The number of anilines is 1. The number of aliphatic hydroxyl groups is 2. The summed E-state index contributed by atoms with van der Waals surface area (Å²) in [5.41, 5.74) is 6.60. The average Bonchev–Trinajstić information content (AvgIpc) is 2.70. The summed E-state index contributed by atoms with van der Waals surface area (Å²) in [6, 6.07) is 0. The van der Waals surface area contributed by atoms with Crippen molar-refractivity contribution in [1.29, 1.82) is 0 Å². The number of aromatic nitrogens is 4. The molecule has 0 aliphatic carbocycles. The minimum Gasteiger partial charge on any atom is -0.388 e. The second kappa shape index (κ2) is 4.62. The average molecular weight is 239 g/mol. The molecular formula is C9H13N5O3. The minimum atomic E-state index is -1.26. The van der Waals surface area contributed by atoms with Gasteiger partial charge in [-0.3, -0.25) is 4.57 Å². The predicted octanol–water partition coefficient (Wildman–Crippen LogP) is -0.918. The van der Waals surface area contributed by atoms with Crippen LogP contribution in [0.25, 0.3) is 11.2 Å². The molecule has 8 nitrogen and oxygen atoms in total. The summed E-state index contributed by atoms with van der Waals surface area (Å²) in [6.45, 7) is 1.44. The van der Waals surface area contributed by atoms with Crippen LogP contribution in [0, 0.1) is 0 Å². The number of nitrogens with two attached hydrogens (primary N) is 1. The number of ether oxygens (including phenoxy) is 1. The summed E-state index contributed by atoms with van der Waals surface area (Å²) in [7, 11) is 0. The van der Waals surface area contributed by atoms with Crippen molar-refractivity contribution in [3.05, 3.63) is 12.7 Å². The number of rotatable bonds is 4. The molecule has 2 atom stereocenters. The molecule has 0 aliphatic rings. The molecule has 2 unspecified atom stereocenters. The summed E-state index contributed by atoms with van der Waals surface area (Å²) in [4.78, 5) is 11.8. The number of hydrogen-bond donors (Lipinski definition) is 3. The lowest BCUT2D eigenvalue weighted by atomic mass is 10.4. The maximum absolute atomic E-state index is 9.29. The third kappa shape index (κ3) is 2.33. The van der Waals surface area contributed by atoms with Gasteiger partial charge in [-0.2, -0.15) is 0 Å². The molecule has 2 aromatic heterocycles. The van der Waals surface area contributed by atoms with Crippen LogP contribution < -0.4 is 5.73 Å². The van der Waals surface area contributed by atoms with Crippen molar-refractivity contribution in [3.63, 3.8) is 0 Å². The van der Waals surface area contributed by atoms with Crippen LogP contribution in [0.1, 0.15) is 6.92 Å². The Bertz CT molecular complexity index is 512. The lowest BCUT2D eigenvalue weighted by Gasteiger charge is -2.14. The van der Waals surface area contributed by atoms with Crippen molar-refractivity contribution in [3.8, 4) is 0 Å². The lowest BCUT2D eigenvalue weighted by Crippen LogP contribution is -2.26. The Kier molecular flexibility index (Phi) is 3.18. The number of nitrogen functional groups attached to an aromatic ring is 1. The Labute approximate surface area is 96.7 Å². The highest BCUT2D eigenvalue weighted by molar-refractivity contribution is 5.80. The van der Waals surface area contributed by atoms with E-state index in [0.29, 0.717) is 11.2 Å². The van der Waals surface area contributed by atoms with Crippen LogP contribution in [0.15, 0.2) is 12.7 Å². The van der Waals surface area contributed by atoms with Crippen molar-refractivity contribution in [2.45, 2.75) is 26.0 Å². The van der Waals surface area contributed by atoms with Gasteiger partial charge in [0.2, 0.25) is 0 Å². The zero-order valence-corrected chi connectivity index (χ0v) is 9.19. The van der Waals surface area contributed by atoms with Gasteiger partial charge in [-0.15, -0.1) is 0 Å². The summed E-state index contributed by atoms with van der Waals surface area (Å²) >= 11 is 0. The topological polar surface area (TPSA) is 119 Å². The largest absolute Gasteiger partial charge is 0.388 e. The van der Waals surface area contributed by atoms with Gasteiger partial charge in [-0.1, -0.05) is 0 Å². The maximum atomic E-state index is 9.29. The fraction of sp³-hybridized carbons (Fsp3) is 0.444. The summed E-state index contributed by atoms with van der Waals surface area (Å²) in [5, 5.41) is 18.3. The molecule has 0 spiro atoms. The Balaban J connectivity index is 2.17. The molecule has 2 heterocycles. The zero-order chi connectivity index (χ0) is 12.4. The quantitative estimate of drug-likeness (QED) is 0.590. The molecule has 0 aliphatic heterocycles. The smallest absolute Gasteiger partial charge is 0.182 e. The molecule has 92 valence electrons. The fourth-order valence-corrected chi connectivity index (χ4v) is 1.29. The van der Waals surface area contributed by atoms with Gasteiger partial charge in [0.15, 0.2) is 17.8 Å². The van der Waals surface area contributed by atoms with Gasteiger partial charge in [0.05, 0.1) is 6.33 Å². The lowest BCUT2D eigenvalue weighted by molar-refractivity contribution is -0.174. The minimum absolute atomic E-state index is 0.0129. The summed E-state index contributed by atoms with van der Waals surface area (Å²) in [5.74, 6) is 0.282. The number of nitrogens with zero attached hydrogens (tertiary/aromatic N) is 4. The van der Waals surface area contributed by atoms with Crippen molar-refractivity contribution >= 4 is 17.0 Å². The zero-order valence-electron chi connectivity index (χ0n) is 9.19. The van der Waals surface area contributed by atoms with Crippen LogP contribution in [-0.4, -0.2) is 42.1 Å². The molecule has 0 fully saturated rings. The molecule has 0 saturated carbocycles. The normalized spacial score (nSPS) is 15.0. The SMILES string of the molecule is CC(O)C(O)OCn1cnc2c(N)ncnc21. The molecule has 2 rings (SSSR count). The maximum Gasteiger partial charge on any atom is 0.182 e. The van der Waals surface area contributed by atoms with Gasteiger partial charge in [-0.05, 0) is 6.92 Å². The predicted molar refractivity (Wildman–Crippen MR) is 58.5 cm³/mol. The van der Waals surface area contributed by atoms with Crippen LogP contribution >= 0.6 is 0 Å². The summed E-state index contributed by atoms with van der Waals surface area (Å²) in [6.07, 6.45) is 0.571. The van der Waals surface area contributed by atoms with Crippen LogP contribution in [0.3, 0.4) is 0 Å². The second-order valence-corrected chi connectivity index (χ2v) is 3.57. The highest BCUT2D eigenvalue weighted by Gasteiger charge is 2.13. The first kappa shape index (κ1) is 11.7. The van der Waals surface area contributed by atoms with Gasteiger partial charge in [0.1, 0.15) is 24.7 Å². The van der Waals surface area contributed by atoms with Crippen molar-refractivity contribution in [1.82, 2.24) is 19.5 Å². The molecule has 2 aromatic rings. The van der Waals surface area contributed by atoms with Gasteiger partial charge < -0.3 is 20.7 Å². The van der Waals surface area contributed by atoms with Crippen LogP contribution in [0.2, 0.25) is 0 Å². The second-order valence-electron chi connectivity index (χ2n) is 3.57. The van der Waals surface area contributed by atoms with E-state index in [0.717, 1.165) is 0 Å². The van der Waals surface area contributed by atoms with Crippen molar-refractivity contribution in [2.75, 3.05) is 5.73 Å². The fourth-order valence-electron chi connectivity index (χ4n) is 1.29. The van der Waals surface area contributed by atoms with Gasteiger partial charge in [0.25, 0.3) is 0 Å². The third-order valence-electron chi connectivity index (χ3n) is 2.23. The van der Waals surface area contributed by atoms with Gasteiger partial charge in [0, 0.05) is 0 Å². The standard InChI is InChI=1S/C9H13N5O3/c1-5(15)9(16)17-4-14-3-13-6-7(10)11-2-12-8(6)14/h2-3,5,9,15-16H,4H2,1H3,(H2,10,11,12). The molecule has 0 aromatic carbocycles. The van der Waals surface area contributed by atoms with E-state index in [1.807, 2.05) is 0 Å². The van der Waals surface area contributed by atoms with Crippen LogP contribution in [-0.2, 0) is 11.5 Å². The van der Waals surface area contributed by atoms with Gasteiger partial charge in [-0.25, -0.2) is 15.0 Å². The summed E-state index contributed by atoms with van der Waals surface area (Å²) < 4.78 is 6.58. The first-order chi connectivity index (χ1) is 8.09. The molecule has 4 N–H and O–H groups in total. The first-order valence-electron chi connectivity index (χ1n) is 4.98. The van der Waals surface area contributed by atoms with E-state index in [9.17, 15) is 5.11 Å². The monoisotopic (exact) mass is 239 g/mol. The number of fused-ring (bicyclic) bond motifs is 1. The Hall–Kier alpha value is -1.77.